The largest absolute Gasteiger partial charge is 0.317 e. The van der Waals surface area contributed by atoms with Crippen molar-refractivity contribution < 1.29 is 0 Å². The number of benzene rings is 1. The first-order valence-electron chi connectivity index (χ1n) is 9.53. The molecule has 8 nitrogen and oxygen atoms in total. The maximum atomic E-state index is 12.9. The zero-order chi connectivity index (χ0) is 19.3. The summed E-state index contributed by atoms with van der Waals surface area (Å²) in [5.74, 6) is 0.611. The van der Waals surface area contributed by atoms with Crippen molar-refractivity contribution in [3.63, 3.8) is 0 Å². The normalized spacial score (nSPS) is 15.5. The van der Waals surface area contributed by atoms with Crippen molar-refractivity contribution in [3.8, 4) is 11.4 Å². The monoisotopic (exact) mass is 375 g/mol. The van der Waals surface area contributed by atoms with Crippen molar-refractivity contribution in [2.24, 2.45) is 0 Å². The number of piperidine rings is 1. The van der Waals surface area contributed by atoms with Gasteiger partial charge in [-0.05, 0) is 51.9 Å². The molecule has 1 N–H and O–H groups in total. The molecule has 0 aliphatic carbocycles. The van der Waals surface area contributed by atoms with Gasteiger partial charge in [-0.2, -0.15) is 5.10 Å². The Morgan fingerprint density at radius 3 is 2.79 bits per heavy atom. The van der Waals surface area contributed by atoms with E-state index in [1.165, 1.54) is 0 Å². The first-order valence-corrected chi connectivity index (χ1v) is 9.53. The van der Waals surface area contributed by atoms with Crippen molar-refractivity contribution in [3.05, 3.63) is 52.3 Å². The van der Waals surface area contributed by atoms with Gasteiger partial charge in [-0.3, -0.25) is 9.78 Å². The Hall–Kier alpha value is -3.13. The summed E-state index contributed by atoms with van der Waals surface area (Å²) in [6, 6.07) is 5.85. The quantitative estimate of drug-likeness (QED) is 0.577. The van der Waals surface area contributed by atoms with E-state index in [9.17, 15) is 4.79 Å². The molecule has 0 saturated carbocycles. The SMILES string of the molecule is Cc1cn2nc(-c3ccc4c(=O)n(C5CCNCC5)ncc4c3)nc2c(C)n1. The van der Waals surface area contributed by atoms with E-state index >= 15 is 0 Å². The molecule has 4 heterocycles. The highest BCUT2D eigenvalue weighted by atomic mass is 16.1. The topological polar surface area (TPSA) is 90.0 Å². The van der Waals surface area contributed by atoms with Gasteiger partial charge in [-0.25, -0.2) is 14.2 Å². The smallest absolute Gasteiger partial charge is 0.274 e. The lowest BCUT2D eigenvalue weighted by Crippen LogP contribution is -2.35. The van der Waals surface area contributed by atoms with E-state index in [0.717, 1.165) is 53.9 Å². The average Bonchev–Trinajstić information content (AvgIpc) is 3.13. The number of rotatable bonds is 2. The third kappa shape index (κ3) is 2.77. The summed E-state index contributed by atoms with van der Waals surface area (Å²) in [6.07, 6.45) is 5.48. The van der Waals surface area contributed by atoms with E-state index in [1.807, 2.05) is 38.2 Å². The molecule has 142 valence electrons. The first-order chi connectivity index (χ1) is 13.6. The Kier molecular flexibility index (Phi) is 3.94. The van der Waals surface area contributed by atoms with Crippen molar-refractivity contribution in [1.82, 2.24) is 34.7 Å². The van der Waals surface area contributed by atoms with Gasteiger partial charge in [0.25, 0.3) is 5.56 Å². The summed E-state index contributed by atoms with van der Waals surface area (Å²) in [7, 11) is 0. The number of fused-ring (bicyclic) bond motifs is 2. The number of aromatic nitrogens is 6. The molecule has 0 spiro atoms. The Morgan fingerprint density at radius 1 is 1.14 bits per heavy atom. The fraction of sp³-hybridized carbons (Fsp3) is 0.350. The number of nitrogens with one attached hydrogen (secondary N) is 1. The second-order valence-electron chi connectivity index (χ2n) is 7.35. The van der Waals surface area contributed by atoms with Crippen LogP contribution < -0.4 is 10.9 Å². The van der Waals surface area contributed by atoms with Gasteiger partial charge in [0, 0.05) is 10.9 Å². The molecule has 0 amide bonds. The molecule has 1 fully saturated rings. The van der Waals surface area contributed by atoms with Crippen LogP contribution in [0.3, 0.4) is 0 Å². The highest BCUT2D eigenvalue weighted by Crippen LogP contribution is 2.22. The van der Waals surface area contributed by atoms with Gasteiger partial charge in [-0.15, -0.1) is 5.10 Å². The third-order valence-corrected chi connectivity index (χ3v) is 5.33. The highest BCUT2D eigenvalue weighted by Gasteiger charge is 2.18. The van der Waals surface area contributed by atoms with Crippen LogP contribution in [0.25, 0.3) is 27.8 Å². The van der Waals surface area contributed by atoms with Crippen LogP contribution in [0.1, 0.15) is 30.3 Å². The van der Waals surface area contributed by atoms with Gasteiger partial charge in [0.1, 0.15) is 0 Å². The van der Waals surface area contributed by atoms with Crippen LogP contribution in [-0.4, -0.2) is 42.5 Å². The van der Waals surface area contributed by atoms with E-state index < -0.39 is 0 Å². The van der Waals surface area contributed by atoms with Crippen LogP contribution in [-0.2, 0) is 0 Å². The molecule has 1 saturated heterocycles. The minimum Gasteiger partial charge on any atom is -0.317 e. The summed E-state index contributed by atoms with van der Waals surface area (Å²) < 4.78 is 3.40. The van der Waals surface area contributed by atoms with E-state index in [1.54, 1.807) is 15.4 Å². The van der Waals surface area contributed by atoms with Gasteiger partial charge < -0.3 is 5.32 Å². The van der Waals surface area contributed by atoms with Gasteiger partial charge in [0.05, 0.1) is 35.2 Å². The summed E-state index contributed by atoms with van der Waals surface area (Å²) >= 11 is 0. The number of aryl methyl sites for hydroxylation is 2. The Bertz CT molecular complexity index is 1250. The zero-order valence-corrected chi connectivity index (χ0v) is 15.9. The predicted octanol–water partition coefficient (Wildman–Crippen LogP) is 2.04. The Labute approximate surface area is 161 Å². The summed E-state index contributed by atoms with van der Waals surface area (Å²) in [5.41, 5.74) is 3.29. The molecule has 28 heavy (non-hydrogen) atoms. The van der Waals surface area contributed by atoms with Crippen LogP contribution >= 0.6 is 0 Å². The predicted molar refractivity (Wildman–Crippen MR) is 106 cm³/mol. The molecule has 3 aromatic heterocycles. The maximum absolute atomic E-state index is 12.9. The van der Waals surface area contributed by atoms with Crippen molar-refractivity contribution in [2.75, 3.05) is 13.1 Å². The molecular weight excluding hydrogens is 354 g/mol. The van der Waals surface area contributed by atoms with Crippen LogP contribution in [0, 0.1) is 13.8 Å². The first kappa shape index (κ1) is 17.0. The summed E-state index contributed by atoms with van der Waals surface area (Å²) in [6.45, 7) is 5.70. The van der Waals surface area contributed by atoms with Crippen molar-refractivity contribution >= 4 is 16.4 Å². The second kappa shape index (κ2) is 6.49. The molecule has 0 radical (unpaired) electrons. The summed E-state index contributed by atoms with van der Waals surface area (Å²) in [5, 5.41) is 13.8. The number of hydrogen-bond donors (Lipinski definition) is 1. The van der Waals surface area contributed by atoms with Crippen molar-refractivity contribution in [1.29, 1.82) is 0 Å². The van der Waals surface area contributed by atoms with Crippen LogP contribution in [0.5, 0.6) is 0 Å². The standard InChI is InChI=1S/C20H21N7O/c1-12-11-26-19(13(2)23-12)24-18(25-26)14-3-4-17-15(9-14)10-22-27(20(17)28)16-5-7-21-8-6-16/h3-4,9-11,16,21H,5-8H2,1-2H3. The maximum Gasteiger partial charge on any atom is 0.274 e. The Balaban J connectivity index is 1.59. The summed E-state index contributed by atoms with van der Waals surface area (Å²) in [4.78, 5) is 22.0. The van der Waals surface area contributed by atoms with E-state index in [2.05, 4.69) is 25.5 Å². The third-order valence-electron chi connectivity index (χ3n) is 5.33. The van der Waals surface area contributed by atoms with Gasteiger partial charge >= 0.3 is 0 Å². The molecule has 8 heteroatoms. The lowest BCUT2D eigenvalue weighted by molar-refractivity contribution is 0.333. The molecule has 1 aliphatic heterocycles. The molecule has 4 aromatic rings. The average molecular weight is 375 g/mol. The van der Waals surface area contributed by atoms with Crippen LogP contribution in [0.15, 0.2) is 35.4 Å². The van der Waals surface area contributed by atoms with Crippen LogP contribution in [0.2, 0.25) is 0 Å². The molecule has 5 rings (SSSR count). The van der Waals surface area contributed by atoms with Crippen LogP contribution in [0.4, 0.5) is 0 Å². The fourth-order valence-corrected chi connectivity index (χ4v) is 3.92. The number of hydrogen-bond acceptors (Lipinski definition) is 6. The molecule has 0 unspecified atom stereocenters. The molecular formula is C20H21N7O. The highest BCUT2D eigenvalue weighted by molar-refractivity contribution is 5.85. The van der Waals surface area contributed by atoms with E-state index in [0.29, 0.717) is 11.2 Å². The molecule has 1 aromatic carbocycles. The second-order valence-corrected chi connectivity index (χ2v) is 7.35. The Morgan fingerprint density at radius 2 is 1.96 bits per heavy atom. The fourth-order valence-electron chi connectivity index (χ4n) is 3.92. The minimum absolute atomic E-state index is 0.0328. The van der Waals surface area contributed by atoms with E-state index in [4.69, 9.17) is 0 Å². The zero-order valence-electron chi connectivity index (χ0n) is 15.9. The molecule has 1 aliphatic rings. The lowest BCUT2D eigenvalue weighted by Gasteiger charge is -2.23. The number of nitrogens with zero attached hydrogens (tertiary/aromatic N) is 6. The lowest BCUT2D eigenvalue weighted by atomic mass is 10.1. The van der Waals surface area contributed by atoms with E-state index in [-0.39, 0.29) is 11.6 Å². The molecule has 0 bridgehead atoms. The minimum atomic E-state index is -0.0328. The van der Waals surface area contributed by atoms with Gasteiger partial charge in [0.15, 0.2) is 11.5 Å². The van der Waals surface area contributed by atoms with Gasteiger partial charge in [0.2, 0.25) is 0 Å². The van der Waals surface area contributed by atoms with Crippen molar-refractivity contribution in [2.45, 2.75) is 32.7 Å². The molecule has 0 atom stereocenters. The van der Waals surface area contributed by atoms with Gasteiger partial charge in [-0.1, -0.05) is 6.07 Å².